The number of ether oxygens (including phenoxy) is 1. The van der Waals surface area contributed by atoms with Crippen molar-refractivity contribution >= 4 is 39.2 Å². The summed E-state index contributed by atoms with van der Waals surface area (Å²) in [6.07, 6.45) is 3.14. The highest BCUT2D eigenvalue weighted by molar-refractivity contribution is 7.99. The van der Waals surface area contributed by atoms with Gasteiger partial charge in [-0.05, 0) is 56.6 Å². The second-order valence-corrected chi connectivity index (χ2v) is 10.2. The third-order valence-corrected chi connectivity index (χ3v) is 7.84. The Kier molecular flexibility index (Phi) is 7.17. The van der Waals surface area contributed by atoms with Gasteiger partial charge in [0, 0.05) is 11.4 Å². The first kappa shape index (κ1) is 22.8. The van der Waals surface area contributed by atoms with Gasteiger partial charge in [-0.1, -0.05) is 12.1 Å². The number of thiophene rings is 1. The number of hydrogen-bond acceptors (Lipinski definition) is 7. The number of aryl methyl sites for hydroxylation is 2. The predicted molar refractivity (Wildman–Crippen MR) is 131 cm³/mol. The number of carbonyl (C=O) groups is 1. The second kappa shape index (κ2) is 10.1. The molecule has 9 heteroatoms. The quantitative estimate of drug-likeness (QED) is 0.498. The van der Waals surface area contributed by atoms with Gasteiger partial charge in [0.05, 0.1) is 30.0 Å². The number of rotatable bonds is 9. The van der Waals surface area contributed by atoms with Crippen molar-refractivity contribution in [2.24, 2.45) is 0 Å². The molecule has 4 rings (SSSR count). The molecule has 0 saturated carbocycles. The Morgan fingerprint density at radius 1 is 1.31 bits per heavy atom. The number of thioether (sulfide) groups is 1. The molecule has 0 bridgehead atoms. The lowest BCUT2D eigenvalue weighted by Crippen LogP contribution is -2.35. The Labute approximate surface area is 195 Å². The van der Waals surface area contributed by atoms with E-state index >= 15 is 0 Å². The molecule has 2 aromatic heterocycles. The highest BCUT2D eigenvalue weighted by Gasteiger charge is 2.21. The minimum absolute atomic E-state index is 0.0334. The summed E-state index contributed by atoms with van der Waals surface area (Å²) in [5.41, 5.74) is 2.24. The van der Waals surface area contributed by atoms with Gasteiger partial charge in [0.25, 0.3) is 5.56 Å². The van der Waals surface area contributed by atoms with Crippen LogP contribution in [0.15, 0.2) is 29.1 Å². The van der Waals surface area contributed by atoms with Crippen LogP contribution in [0, 0.1) is 0 Å². The first-order chi connectivity index (χ1) is 15.5. The van der Waals surface area contributed by atoms with E-state index in [0.717, 1.165) is 40.8 Å². The third-order valence-electron chi connectivity index (χ3n) is 5.71. The van der Waals surface area contributed by atoms with Crippen molar-refractivity contribution in [2.45, 2.75) is 31.1 Å². The second-order valence-electron chi connectivity index (χ2n) is 8.10. The molecule has 2 N–H and O–H groups in total. The molecule has 1 aliphatic rings. The molecule has 1 amide bonds. The molecule has 3 aromatic rings. The average Bonchev–Trinajstić information content (AvgIpc) is 3.35. The normalized spacial score (nSPS) is 14.0. The number of aromatic nitrogens is 2. The largest absolute Gasteiger partial charge is 0.497 e. The van der Waals surface area contributed by atoms with Gasteiger partial charge >= 0.3 is 0 Å². The number of amides is 1. The van der Waals surface area contributed by atoms with E-state index in [1.165, 1.54) is 22.2 Å². The maximum absolute atomic E-state index is 12.5. The van der Waals surface area contributed by atoms with Gasteiger partial charge in [-0.2, -0.15) is 0 Å². The SMILES string of the molecule is COc1ccc(C(CNC(=O)CSCc2nc3sc4c(c3c(=O)[nH]2)CCC4)N(C)C)cc1. The van der Waals surface area contributed by atoms with Crippen molar-refractivity contribution in [2.75, 3.05) is 33.5 Å². The van der Waals surface area contributed by atoms with E-state index in [0.29, 0.717) is 23.9 Å². The predicted octanol–water partition coefficient (Wildman–Crippen LogP) is 3.13. The van der Waals surface area contributed by atoms with Crippen LogP contribution in [0.1, 0.15) is 34.3 Å². The van der Waals surface area contributed by atoms with Gasteiger partial charge in [0.2, 0.25) is 5.91 Å². The van der Waals surface area contributed by atoms with Crippen LogP contribution >= 0.6 is 23.1 Å². The van der Waals surface area contributed by atoms with E-state index in [9.17, 15) is 9.59 Å². The maximum atomic E-state index is 12.5. The Morgan fingerprint density at radius 3 is 2.81 bits per heavy atom. The molecule has 0 radical (unpaired) electrons. The van der Waals surface area contributed by atoms with Crippen molar-refractivity contribution in [1.29, 1.82) is 0 Å². The van der Waals surface area contributed by atoms with Crippen LogP contribution in [0.5, 0.6) is 5.75 Å². The minimum Gasteiger partial charge on any atom is -0.497 e. The number of fused-ring (bicyclic) bond motifs is 3. The van der Waals surface area contributed by atoms with Gasteiger partial charge in [-0.15, -0.1) is 23.1 Å². The first-order valence-electron chi connectivity index (χ1n) is 10.6. The van der Waals surface area contributed by atoms with Crippen LogP contribution in [-0.4, -0.2) is 54.3 Å². The summed E-state index contributed by atoms with van der Waals surface area (Å²) in [5.74, 6) is 2.21. The number of H-pyrrole nitrogens is 1. The number of nitrogens with zero attached hydrogens (tertiary/aromatic N) is 2. The van der Waals surface area contributed by atoms with Gasteiger partial charge in [0.1, 0.15) is 16.4 Å². The van der Waals surface area contributed by atoms with Gasteiger partial charge in [0.15, 0.2) is 0 Å². The summed E-state index contributed by atoms with van der Waals surface area (Å²) in [5, 5.41) is 3.79. The molecular weight excluding hydrogens is 444 g/mol. The van der Waals surface area contributed by atoms with Crippen LogP contribution in [-0.2, 0) is 23.4 Å². The average molecular weight is 473 g/mol. The number of likely N-dealkylation sites (N-methyl/N-ethyl adjacent to an activating group) is 1. The molecule has 1 aliphatic carbocycles. The van der Waals surface area contributed by atoms with E-state index in [1.807, 2.05) is 38.4 Å². The molecule has 170 valence electrons. The molecule has 1 aromatic carbocycles. The number of benzene rings is 1. The van der Waals surface area contributed by atoms with Crippen LogP contribution < -0.4 is 15.6 Å². The standard InChI is InChI=1S/C23H28N4O3S2/c1-27(2)17(14-7-9-15(30-3)10-8-14)11-24-20(28)13-31-12-19-25-22(29)21-16-5-4-6-18(16)32-23(21)26-19/h7-10,17H,4-6,11-13H2,1-3H3,(H,24,28)(H,25,26,29). The number of hydrogen-bond donors (Lipinski definition) is 2. The van der Waals surface area contributed by atoms with Crippen molar-refractivity contribution in [3.63, 3.8) is 0 Å². The molecule has 0 fully saturated rings. The molecule has 2 heterocycles. The number of carbonyl (C=O) groups excluding carboxylic acids is 1. The van der Waals surface area contributed by atoms with Crippen LogP contribution in [0.4, 0.5) is 0 Å². The molecule has 0 spiro atoms. The zero-order valence-corrected chi connectivity index (χ0v) is 20.2. The smallest absolute Gasteiger partial charge is 0.259 e. The van der Waals surface area contributed by atoms with Gasteiger partial charge in [-0.25, -0.2) is 4.98 Å². The molecule has 1 unspecified atom stereocenters. The van der Waals surface area contributed by atoms with Crippen LogP contribution in [0.3, 0.4) is 0 Å². The number of aromatic amines is 1. The highest BCUT2D eigenvalue weighted by Crippen LogP contribution is 2.34. The van der Waals surface area contributed by atoms with Crippen LogP contribution in [0.2, 0.25) is 0 Å². The minimum atomic E-state index is -0.0530. The first-order valence-corrected chi connectivity index (χ1v) is 12.6. The highest BCUT2D eigenvalue weighted by atomic mass is 32.2. The summed E-state index contributed by atoms with van der Waals surface area (Å²) in [4.78, 5) is 36.7. The number of nitrogens with one attached hydrogen (secondary N) is 2. The third kappa shape index (κ3) is 5.00. The summed E-state index contributed by atoms with van der Waals surface area (Å²) in [6, 6.07) is 7.95. The van der Waals surface area contributed by atoms with E-state index in [1.54, 1.807) is 18.4 Å². The van der Waals surface area contributed by atoms with Crippen molar-refractivity contribution in [1.82, 2.24) is 20.2 Å². The summed E-state index contributed by atoms with van der Waals surface area (Å²) >= 11 is 3.09. The molecule has 0 aliphatic heterocycles. The fourth-order valence-corrected chi connectivity index (χ4v) is 6.04. The van der Waals surface area contributed by atoms with Crippen molar-refractivity contribution in [3.8, 4) is 5.75 Å². The fourth-order valence-electron chi connectivity index (χ4n) is 4.04. The van der Waals surface area contributed by atoms with E-state index in [4.69, 9.17) is 4.74 Å². The summed E-state index contributed by atoms with van der Waals surface area (Å²) in [7, 11) is 5.63. The van der Waals surface area contributed by atoms with E-state index in [2.05, 4.69) is 20.2 Å². The molecule has 32 heavy (non-hydrogen) atoms. The topological polar surface area (TPSA) is 87.3 Å². The molecular formula is C23H28N4O3S2. The van der Waals surface area contributed by atoms with E-state index in [-0.39, 0.29) is 17.5 Å². The van der Waals surface area contributed by atoms with E-state index < -0.39 is 0 Å². The lowest BCUT2D eigenvalue weighted by Gasteiger charge is -2.25. The Bertz CT molecular complexity index is 1150. The monoisotopic (exact) mass is 472 g/mol. The molecule has 0 saturated heterocycles. The Balaban J connectivity index is 1.30. The molecule has 1 atom stereocenters. The lowest BCUT2D eigenvalue weighted by molar-refractivity contribution is -0.118. The zero-order chi connectivity index (χ0) is 22.7. The Morgan fingerprint density at radius 2 is 2.09 bits per heavy atom. The zero-order valence-electron chi connectivity index (χ0n) is 18.6. The van der Waals surface area contributed by atoms with Gasteiger partial charge < -0.3 is 19.9 Å². The Hall–Kier alpha value is -2.36. The lowest BCUT2D eigenvalue weighted by atomic mass is 10.1. The van der Waals surface area contributed by atoms with Crippen molar-refractivity contribution in [3.05, 3.63) is 56.4 Å². The number of methoxy groups -OCH3 is 1. The summed E-state index contributed by atoms with van der Waals surface area (Å²) in [6.45, 7) is 0.514. The van der Waals surface area contributed by atoms with Gasteiger partial charge in [-0.3, -0.25) is 9.59 Å². The molecule has 7 nitrogen and oxygen atoms in total. The van der Waals surface area contributed by atoms with Crippen LogP contribution in [0.25, 0.3) is 10.2 Å². The fraction of sp³-hybridized carbons (Fsp3) is 0.435. The van der Waals surface area contributed by atoms with Crippen molar-refractivity contribution < 1.29 is 9.53 Å². The maximum Gasteiger partial charge on any atom is 0.259 e. The summed E-state index contributed by atoms with van der Waals surface area (Å²) < 4.78 is 5.22.